The van der Waals surface area contributed by atoms with Gasteiger partial charge < -0.3 is 4.90 Å². The van der Waals surface area contributed by atoms with E-state index < -0.39 is 0 Å². The average molecular weight is 291 g/mol. The van der Waals surface area contributed by atoms with Gasteiger partial charge in [0.2, 0.25) is 0 Å². The van der Waals surface area contributed by atoms with Gasteiger partial charge in [0.15, 0.2) is 0 Å². The van der Waals surface area contributed by atoms with Gasteiger partial charge in [0, 0.05) is 13.6 Å². The molecule has 0 atom stereocenters. The molecule has 0 aliphatic rings. The maximum Gasteiger partial charge on any atom is 0.264 e. The lowest BCUT2D eigenvalue weighted by Gasteiger charge is -2.16. The standard InChI is InChI=1S/C14H11ClN2OS/c1-17(14(18)12-6-7-13(15)19-12)9-11-4-2-10(8-16)3-5-11/h2-7H,9H2,1H3. The first kappa shape index (κ1) is 13.6. The Morgan fingerprint density at radius 2 is 2.00 bits per heavy atom. The highest BCUT2D eigenvalue weighted by atomic mass is 35.5. The lowest BCUT2D eigenvalue weighted by atomic mass is 10.1. The number of thiophene rings is 1. The Balaban J connectivity index is 2.06. The van der Waals surface area contributed by atoms with Crippen LogP contribution in [0.4, 0.5) is 0 Å². The Bertz CT molecular complexity index is 628. The van der Waals surface area contributed by atoms with Crippen molar-refractivity contribution in [3.8, 4) is 6.07 Å². The van der Waals surface area contributed by atoms with Crippen LogP contribution in [-0.4, -0.2) is 17.9 Å². The summed E-state index contributed by atoms with van der Waals surface area (Å²) in [5, 5.41) is 8.72. The van der Waals surface area contributed by atoms with E-state index >= 15 is 0 Å². The van der Waals surface area contributed by atoms with Crippen molar-refractivity contribution in [1.29, 1.82) is 5.26 Å². The summed E-state index contributed by atoms with van der Waals surface area (Å²) in [5.74, 6) is -0.0544. The zero-order valence-corrected chi connectivity index (χ0v) is 11.8. The molecule has 1 aromatic carbocycles. The summed E-state index contributed by atoms with van der Waals surface area (Å²) in [6.07, 6.45) is 0. The fourth-order valence-electron chi connectivity index (χ4n) is 1.65. The van der Waals surface area contributed by atoms with Crippen molar-refractivity contribution in [3.63, 3.8) is 0 Å². The first-order valence-corrected chi connectivity index (χ1v) is 6.79. The minimum absolute atomic E-state index is 0.0544. The number of nitrogens with zero attached hydrogens (tertiary/aromatic N) is 2. The summed E-state index contributed by atoms with van der Waals surface area (Å²) >= 11 is 7.09. The number of carbonyl (C=O) groups excluding carboxylic acids is 1. The van der Waals surface area contributed by atoms with Crippen molar-refractivity contribution in [2.45, 2.75) is 6.54 Å². The van der Waals surface area contributed by atoms with E-state index in [0.717, 1.165) is 5.56 Å². The third-order valence-corrected chi connectivity index (χ3v) is 3.85. The molecule has 1 amide bonds. The first-order chi connectivity index (χ1) is 9.10. The van der Waals surface area contributed by atoms with E-state index in [1.807, 2.05) is 12.1 Å². The van der Waals surface area contributed by atoms with Gasteiger partial charge in [0.05, 0.1) is 20.8 Å². The van der Waals surface area contributed by atoms with E-state index in [4.69, 9.17) is 16.9 Å². The van der Waals surface area contributed by atoms with Gasteiger partial charge in [-0.05, 0) is 29.8 Å². The maximum absolute atomic E-state index is 12.1. The highest BCUT2D eigenvalue weighted by molar-refractivity contribution is 7.17. The van der Waals surface area contributed by atoms with E-state index in [1.165, 1.54) is 11.3 Å². The van der Waals surface area contributed by atoms with Crippen molar-refractivity contribution in [3.05, 3.63) is 56.7 Å². The second kappa shape index (κ2) is 5.87. The number of carbonyl (C=O) groups is 1. The molecule has 0 N–H and O–H groups in total. The molecule has 5 heteroatoms. The van der Waals surface area contributed by atoms with Crippen LogP contribution in [0.5, 0.6) is 0 Å². The molecule has 0 aliphatic heterocycles. The van der Waals surface area contributed by atoms with Crippen LogP contribution in [0.1, 0.15) is 20.8 Å². The van der Waals surface area contributed by atoms with E-state index in [2.05, 4.69) is 6.07 Å². The van der Waals surface area contributed by atoms with Crippen LogP contribution < -0.4 is 0 Å². The fraction of sp³-hybridized carbons (Fsp3) is 0.143. The Kier molecular flexibility index (Phi) is 4.20. The quantitative estimate of drug-likeness (QED) is 0.868. The Morgan fingerprint density at radius 1 is 1.32 bits per heavy atom. The molecule has 0 bridgehead atoms. The Labute approximate surface area is 120 Å². The fourth-order valence-corrected chi connectivity index (χ4v) is 2.69. The Hall–Kier alpha value is -1.83. The summed E-state index contributed by atoms with van der Waals surface area (Å²) in [4.78, 5) is 14.4. The summed E-state index contributed by atoms with van der Waals surface area (Å²) in [5.41, 5.74) is 1.60. The van der Waals surface area contributed by atoms with Crippen molar-refractivity contribution >= 4 is 28.8 Å². The van der Waals surface area contributed by atoms with Gasteiger partial charge in [-0.15, -0.1) is 11.3 Å². The van der Waals surface area contributed by atoms with Gasteiger partial charge in [-0.2, -0.15) is 5.26 Å². The van der Waals surface area contributed by atoms with Crippen molar-refractivity contribution < 1.29 is 4.79 Å². The lowest BCUT2D eigenvalue weighted by Crippen LogP contribution is -2.25. The zero-order valence-electron chi connectivity index (χ0n) is 10.3. The van der Waals surface area contributed by atoms with Crippen LogP contribution in [0.15, 0.2) is 36.4 Å². The molecule has 3 nitrogen and oxygen atoms in total. The van der Waals surface area contributed by atoms with Crippen LogP contribution in [-0.2, 0) is 6.54 Å². The largest absolute Gasteiger partial charge is 0.337 e. The third-order valence-electron chi connectivity index (χ3n) is 2.63. The predicted molar refractivity (Wildman–Crippen MR) is 76.3 cm³/mol. The molecule has 0 radical (unpaired) electrons. The van der Waals surface area contributed by atoms with E-state index in [9.17, 15) is 4.79 Å². The molecule has 96 valence electrons. The summed E-state index contributed by atoms with van der Waals surface area (Å²) in [6.45, 7) is 0.500. The SMILES string of the molecule is CN(Cc1ccc(C#N)cc1)C(=O)c1ccc(Cl)s1. The molecule has 1 heterocycles. The first-order valence-electron chi connectivity index (χ1n) is 5.60. The van der Waals surface area contributed by atoms with Crippen molar-refractivity contribution in [1.82, 2.24) is 4.90 Å². The molecule has 0 saturated carbocycles. The lowest BCUT2D eigenvalue weighted by molar-refractivity contribution is 0.0790. The van der Waals surface area contributed by atoms with Gasteiger partial charge in [0.1, 0.15) is 0 Å². The molecule has 0 fully saturated rings. The number of halogens is 1. The van der Waals surface area contributed by atoms with Crippen molar-refractivity contribution in [2.24, 2.45) is 0 Å². The van der Waals surface area contributed by atoms with Crippen LogP contribution in [0.3, 0.4) is 0 Å². The van der Waals surface area contributed by atoms with Gasteiger partial charge in [-0.25, -0.2) is 0 Å². The number of hydrogen-bond donors (Lipinski definition) is 0. The second-order valence-corrected chi connectivity index (χ2v) is 5.79. The Morgan fingerprint density at radius 3 is 2.53 bits per heavy atom. The monoisotopic (exact) mass is 290 g/mol. The zero-order chi connectivity index (χ0) is 13.8. The topological polar surface area (TPSA) is 44.1 Å². The smallest absolute Gasteiger partial charge is 0.264 e. The minimum Gasteiger partial charge on any atom is -0.337 e. The van der Waals surface area contributed by atoms with Crippen LogP contribution in [0.25, 0.3) is 0 Å². The van der Waals surface area contributed by atoms with Crippen LogP contribution in [0.2, 0.25) is 4.34 Å². The van der Waals surface area contributed by atoms with Gasteiger partial charge in [-0.1, -0.05) is 23.7 Å². The van der Waals surface area contributed by atoms with E-state index in [0.29, 0.717) is 21.3 Å². The normalized spacial score (nSPS) is 9.95. The second-order valence-electron chi connectivity index (χ2n) is 4.07. The minimum atomic E-state index is -0.0544. The molecule has 0 saturated heterocycles. The maximum atomic E-state index is 12.1. The summed E-state index contributed by atoms with van der Waals surface area (Å²) in [6, 6.07) is 12.7. The summed E-state index contributed by atoms with van der Waals surface area (Å²) < 4.78 is 0.607. The average Bonchev–Trinajstić information content (AvgIpc) is 2.85. The number of rotatable bonds is 3. The molecular formula is C14H11ClN2OS. The molecule has 0 spiro atoms. The number of benzene rings is 1. The molecule has 2 aromatic rings. The third kappa shape index (κ3) is 3.34. The molecule has 2 rings (SSSR count). The predicted octanol–water partition coefficient (Wildman–Crippen LogP) is 3.55. The van der Waals surface area contributed by atoms with Gasteiger partial charge in [0.25, 0.3) is 5.91 Å². The molecule has 0 aliphatic carbocycles. The highest BCUT2D eigenvalue weighted by Gasteiger charge is 2.14. The number of nitriles is 1. The van der Waals surface area contributed by atoms with Crippen molar-refractivity contribution in [2.75, 3.05) is 7.05 Å². The van der Waals surface area contributed by atoms with Crippen LogP contribution in [0, 0.1) is 11.3 Å². The molecule has 19 heavy (non-hydrogen) atoms. The summed E-state index contributed by atoms with van der Waals surface area (Å²) in [7, 11) is 1.74. The molecular weight excluding hydrogens is 280 g/mol. The number of amides is 1. The molecule has 0 unspecified atom stereocenters. The molecule has 1 aromatic heterocycles. The number of hydrogen-bond acceptors (Lipinski definition) is 3. The van der Waals surface area contributed by atoms with Gasteiger partial charge in [-0.3, -0.25) is 4.79 Å². The van der Waals surface area contributed by atoms with E-state index in [-0.39, 0.29) is 5.91 Å². The van der Waals surface area contributed by atoms with Gasteiger partial charge >= 0.3 is 0 Å². The van der Waals surface area contributed by atoms with Crippen LogP contribution >= 0.6 is 22.9 Å². The van der Waals surface area contributed by atoms with E-state index in [1.54, 1.807) is 36.2 Å². The highest BCUT2D eigenvalue weighted by Crippen LogP contribution is 2.22.